The highest BCUT2D eigenvalue weighted by Gasteiger charge is 2.15. The molecule has 114 valence electrons. The molecule has 1 rings (SSSR count). The number of aromatic nitrogens is 2. The molecule has 0 aliphatic heterocycles. The standard InChI is InChI=1S/C13H26N6O/c1-9(2)10(7-19(3)4)15-11-6-12(18-14)17-13(16-11)8-20-5/h6,9-10H,7-8,14H2,1-5H3,(H2,15,16,17,18). The summed E-state index contributed by atoms with van der Waals surface area (Å²) in [4.78, 5) is 10.8. The number of ether oxygens (including phenoxy) is 1. The van der Waals surface area contributed by atoms with Gasteiger partial charge in [-0.15, -0.1) is 0 Å². The molecule has 20 heavy (non-hydrogen) atoms. The van der Waals surface area contributed by atoms with Crippen LogP contribution in [-0.2, 0) is 11.3 Å². The molecule has 1 aromatic heterocycles. The van der Waals surface area contributed by atoms with E-state index in [1.165, 1.54) is 0 Å². The lowest BCUT2D eigenvalue weighted by molar-refractivity contribution is 0.178. The lowest BCUT2D eigenvalue weighted by atomic mass is 10.0. The van der Waals surface area contributed by atoms with Crippen LogP contribution in [0.25, 0.3) is 0 Å². The Morgan fingerprint density at radius 3 is 2.45 bits per heavy atom. The third-order valence-corrected chi connectivity index (χ3v) is 2.89. The molecule has 0 saturated heterocycles. The van der Waals surface area contributed by atoms with Crippen LogP contribution >= 0.6 is 0 Å². The van der Waals surface area contributed by atoms with Gasteiger partial charge >= 0.3 is 0 Å². The van der Waals surface area contributed by atoms with Crippen molar-refractivity contribution in [3.8, 4) is 0 Å². The van der Waals surface area contributed by atoms with Gasteiger partial charge in [-0.05, 0) is 20.0 Å². The molecule has 1 unspecified atom stereocenters. The van der Waals surface area contributed by atoms with Gasteiger partial charge in [-0.1, -0.05) is 13.8 Å². The van der Waals surface area contributed by atoms with Gasteiger partial charge in [0.15, 0.2) is 5.82 Å². The lowest BCUT2D eigenvalue weighted by Crippen LogP contribution is -2.36. The van der Waals surface area contributed by atoms with Crippen molar-refractivity contribution in [3.63, 3.8) is 0 Å². The van der Waals surface area contributed by atoms with Crippen LogP contribution < -0.4 is 16.6 Å². The van der Waals surface area contributed by atoms with E-state index in [2.05, 4.69) is 53.6 Å². The summed E-state index contributed by atoms with van der Waals surface area (Å²) in [5, 5.41) is 3.44. The molecular weight excluding hydrogens is 256 g/mol. The van der Waals surface area contributed by atoms with Crippen LogP contribution in [0.1, 0.15) is 19.7 Å². The minimum absolute atomic E-state index is 0.293. The molecule has 7 nitrogen and oxygen atoms in total. The molecule has 0 bridgehead atoms. The maximum atomic E-state index is 5.44. The van der Waals surface area contributed by atoms with E-state index in [4.69, 9.17) is 10.6 Å². The maximum Gasteiger partial charge on any atom is 0.158 e. The molecule has 0 fully saturated rings. The molecule has 7 heteroatoms. The minimum Gasteiger partial charge on any atom is -0.377 e. The molecule has 0 amide bonds. The van der Waals surface area contributed by atoms with E-state index in [1.807, 2.05) is 0 Å². The molecule has 0 aromatic carbocycles. The Morgan fingerprint density at radius 1 is 1.30 bits per heavy atom. The lowest BCUT2D eigenvalue weighted by Gasteiger charge is -2.26. The molecular formula is C13H26N6O. The first-order chi connectivity index (χ1) is 9.46. The number of anilines is 2. The molecule has 4 N–H and O–H groups in total. The van der Waals surface area contributed by atoms with Crippen LogP contribution in [0.15, 0.2) is 6.07 Å². The van der Waals surface area contributed by atoms with Gasteiger partial charge in [0.25, 0.3) is 0 Å². The van der Waals surface area contributed by atoms with Gasteiger partial charge in [0, 0.05) is 25.8 Å². The van der Waals surface area contributed by atoms with E-state index < -0.39 is 0 Å². The van der Waals surface area contributed by atoms with Gasteiger partial charge < -0.3 is 20.4 Å². The van der Waals surface area contributed by atoms with Crippen LogP contribution in [-0.4, -0.2) is 48.7 Å². The van der Waals surface area contributed by atoms with E-state index in [0.29, 0.717) is 30.2 Å². The van der Waals surface area contributed by atoms with E-state index in [1.54, 1.807) is 13.2 Å². The van der Waals surface area contributed by atoms with E-state index in [0.717, 1.165) is 12.4 Å². The Morgan fingerprint density at radius 2 is 1.95 bits per heavy atom. The molecule has 0 radical (unpaired) electrons. The number of nitrogens with zero attached hydrogens (tertiary/aromatic N) is 3. The fourth-order valence-electron chi connectivity index (χ4n) is 1.85. The molecule has 0 spiro atoms. The van der Waals surface area contributed by atoms with Crippen molar-refractivity contribution in [2.45, 2.75) is 26.5 Å². The number of likely N-dealkylation sites (N-methyl/N-ethyl adjacent to an activating group) is 1. The smallest absolute Gasteiger partial charge is 0.158 e. The van der Waals surface area contributed by atoms with Crippen LogP contribution in [0.5, 0.6) is 0 Å². The van der Waals surface area contributed by atoms with Crippen LogP contribution in [0, 0.1) is 5.92 Å². The molecule has 1 aromatic rings. The van der Waals surface area contributed by atoms with Crippen molar-refractivity contribution in [3.05, 3.63) is 11.9 Å². The van der Waals surface area contributed by atoms with Crippen molar-refractivity contribution in [1.29, 1.82) is 0 Å². The van der Waals surface area contributed by atoms with E-state index >= 15 is 0 Å². The first-order valence-corrected chi connectivity index (χ1v) is 6.71. The number of methoxy groups -OCH3 is 1. The quantitative estimate of drug-likeness (QED) is 0.482. The minimum atomic E-state index is 0.293. The van der Waals surface area contributed by atoms with Crippen LogP contribution in [0.4, 0.5) is 11.6 Å². The molecule has 1 atom stereocenters. The summed E-state index contributed by atoms with van der Waals surface area (Å²) in [6.07, 6.45) is 0. The van der Waals surface area contributed by atoms with Crippen LogP contribution in [0.3, 0.4) is 0 Å². The monoisotopic (exact) mass is 282 g/mol. The summed E-state index contributed by atoms with van der Waals surface area (Å²) in [5.41, 5.74) is 2.55. The summed E-state index contributed by atoms with van der Waals surface area (Å²) < 4.78 is 5.07. The highest BCUT2D eigenvalue weighted by molar-refractivity contribution is 5.47. The van der Waals surface area contributed by atoms with E-state index in [-0.39, 0.29) is 0 Å². The fourth-order valence-corrected chi connectivity index (χ4v) is 1.85. The normalized spacial score (nSPS) is 12.8. The third kappa shape index (κ3) is 5.28. The Labute approximate surface area is 120 Å². The van der Waals surface area contributed by atoms with Crippen molar-refractivity contribution in [2.24, 2.45) is 11.8 Å². The van der Waals surface area contributed by atoms with Crippen molar-refractivity contribution in [1.82, 2.24) is 14.9 Å². The van der Waals surface area contributed by atoms with Gasteiger partial charge in [0.05, 0.1) is 0 Å². The summed E-state index contributed by atoms with van der Waals surface area (Å²) in [6, 6.07) is 2.09. The average Bonchev–Trinajstić information content (AvgIpc) is 2.37. The second kappa shape index (κ2) is 7.98. The Kier molecular flexibility index (Phi) is 6.63. The number of nitrogen functional groups attached to an aromatic ring is 1. The number of hydrazine groups is 1. The zero-order valence-corrected chi connectivity index (χ0v) is 13.0. The number of hydrogen-bond donors (Lipinski definition) is 3. The summed E-state index contributed by atoms with van der Waals surface area (Å²) in [5.74, 6) is 7.83. The molecule has 0 aliphatic carbocycles. The van der Waals surface area contributed by atoms with Gasteiger partial charge in [0.1, 0.15) is 18.2 Å². The van der Waals surface area contributed by atoms with E-state index in [9.17, 15) is 0 Å². The highest BCUT2D eigenvalue weighted by atomic mass is 16.5. The summed E-state index contributed by atoms with van der Waals surface area (Å²) in [6.45, 7) is 5.64. The third-order valence-electron chi connectivity index (χ3n) is 2.89. The predicted molar refractivity (Wildman–Crippen MR) is 81.4 cm³/mol. The first kappa shape index (κ1) is 16.6. The zero-order chi connectivity index (χ0) is 15.1. The molecule has 1 heterocycles. The fraction of sp³-hybridized carbons (Fsp3) is 0.692. The second-order valence-electron chi connectivity index (χ2n) is 5.39. The van der Waals surface area contributed by atoms with Crippen molar-refractivity contribution >= 4 is 11.6 Å². The maximum absolute atomic E-state index is 5.44. The number of hydrogen-bond acceptors (Lipinski definition) is 7. The number of nitrogens with two attached hydrogens (primary N) is 1. The average molecular weight is 282 g/mol. The first-order valence-electron chi connectivity index (χ1n) is 6.71. The zero-order valence-electron chi connectivity index (χ0n) is 13.0. The van der Waals surface area contributed by atoms with Crippen molar-refractivity contribution in [2.75, 3.05) is 38.5 Å². The number of rotatable bonds is 8. The molecule has 0 saturated carbocycles. The van der Waals surface area contributed by atoms with Gasteiger partial charge in [0.2, 0.25) is 0 Å². The molecule has 0 aliphatic rings. The summed E-state index contributed by atoms with van der Waals surface area (Å²) in [7, 11) is 5.72. The Bertz CT molecular complexity index is 410. The highest BCUT2D eigenvalue weighted by Crippen LogP contribution is 2.15. The summed E-state index contributed by atoms with van der Waals surface area (Å²) >= 11 is 0. The van der Waals surface area contributed by atoms with Crippen LogP contribution in [0.2, 0.25) is 0 Å². The van der Waals surface area contributed by atoms with Gasteiger partial charge in [-0.25, -0.2) is 15.8 Å². The SMILES string of the molecule is COCc1nc(NN)cc(NC(CN(C)C)C(C)C)n1. The topological polar surface area (TPSA) is 88.3 Å². The van der Waals surface area contributed by atoms with Gasteiger partial charge in [-0.3, -0.25) is 0 Å². The van der Waals surface area contributed by atoms with Crippen molar-refractivity contribution < 1.29 is 4.74 Å². The second-order valence-corrected chi connectivity index (χ2v) is 5.39. The Balaban J connectivity index is 2.90. The Hall–Kier alpha value is -1.44. The van der Waals surface area contributed by atoms with Gasteiger partial charge in [-0.2, -0.15) is 0 Å². The predicted octanol–water partition coefficient (Wildman–Crippen LogP) is 0.907. The largest absolute Gasteiger partial charge is 0.377 e. The number of nitrogens with one attached hydrogen (secondary N) is 2.